The van der Waals surface area contributed by atoms with E-state index < -0.39 is 6.04 Å². The predicted molar refractivity (Wildman–Crippen MR) is 176 cm³/mol. The minimum Gasteiger partial charge on any atom is -0.427 e. The first-order valence-electron chi connectivity index (χ1n) is 15.9. The smallest absolute Gasteiger partial charge is 0.311 e. The molecule has 1 aliphatic carbocycles. The molecule has 0 saturated heterocycles. The molecule has 2 atom stereocenters. The number of allylic oxidation sites excluding steroid dienone is 1. The fraction of sp³-hybridized carbons (Fsp3) is 0.378. The topological polar surface area (TPSA) is 75.7 Å². The molecule has 44 heavy (non-hydrogen) atoms. The number of benzene rings is 3. The second-order valence-corrected chi connectivity index (χ2v) is 12.2. The maximum Gasteiger partial charge on any atom is 0.311 e. The van der Waals surface area contributed by atoms with Crippen LogP contribution in [0.15, 0.2) is 84.1 Å². The van der Waals surface area contributed by atoms with Crippen LogP contribution in [0.25, 0.3) is 0 Å². The van der Waals surface area contributed by atoms with Crippen LogP contribution in [-0.2, 0) is 14.4 Å². The molecular formula is C37H41ClN2O4. The third kappa shape index (κ3) is 7.24. The molecule has 0 spiro atoms. The molecule has 1 N–H and O–H groups in total. The second-order valence-electron chi connectivity index (χ2n) is 11.7. The van der Waals surface area contributed by atoms with Gasteiger partial charge < -0.3 is 10.1 Å². The largest absolute Gasteiger partial charge is 0.427 e. The molecule has 230 valence electrons. The fourth-order valence-electron chi connectivity index (χ4n) is 6.25. The number of Topliss-reactive ketones (excluding diaryl/α,β-unsaturated/α-hetero) is 1. The first-order chi connectivity index (χ1) is 21.4. The van der Waals surface area contributed by atoms with Crippen LogP contribution in [0.2, 0.25) is 5.02 Å². The third-order valence-electron chi connectivity index (χ3n) is 8.48. The van der Waals surface area contributed by atoms with Crippen LogP contribution in [0.4, 0.5) is 11.4 Å². The van der Waals surface area contributed by atoms with Crippen LogP contribution in [0.3, 0.4) is 0 Å². The number of para-hydroxylation sites is 2. The number of anilines is 2. The van der Waals surface area contributed by atoms with E-state index in [1.807, 2.05) is 66.7 Å². The number of fused-ring (bicyclic) bond motifs is 1. The van der Waals surface area contributed by atoms with Crippen molar-refractivity contribution in [1.82, 2.24) is 0 Å². The summed E-state index contributed by atoms with van der Waals surface area (Å²) >= 11 is 6.16. The highest BCUT2D eigenvalue weighted by molar-refractivity contribution is 6.30. The molecule has 5 rings (SSSR count). The number of ketones is 1. The number of hydrogen-bond donors (Lipinski definition) is 1. The van der Waals surface area contributed by atoms with Crippen molar-refractivity contribution in [3.05, 3.63) is 100 Å². The summed E-state index contributed by atoms with van der Waals surface area (Å²) < 4.78 is 5.75. The Morgan fingerprint density at radius 3 is 2.34 bits per heavy atom. The first-order valence-corrected chi connectivity index (χ1v) is 16.3. The summed E-state index contributed by atoms with van der Waals surface area (Å²) in [4.78, 5) is 42.8. The molecule has 1 aliphatic heterocycles. The summed E-state index contributed by atoms with van der Waals surface area (Å²) in [6.45, 7) is 4.21. The van der Waals surface area contributed by atoms with E-state index in [4.69, 9.17) is 16.3 Å². The van der Waals surface area contributed by atoms with Crippen LogP contribution in [0.1, 0.15) is 101 Å². The molecule has 6 nitrogen and oxygen atoms in total. The van der Waals surface area contributed by atoms with E-state index in [0.717, 1.165) is 66.7 Å². The summed E-state index contributed by atoms with van der Waals surface area (Å²) in [6, 6.07) is 22.1. The predicted octanol–water partition coefficient (Wildman–Crippen LogP) is 9.31. The molecule has 0 radical (unpaired) electrons. The monoisotopic (exact) mass is 612 g/mol. The zero-order valence-corrected chi connectivity index (χ0v) is 26.4. The van der Waals surface area contributed by atoms with Crippen molar-refractivity contribution in [1.29, 1.82) is 0 Å². The Bertz CT molecular complexity index is 1530. The minimum absolute atomic E-state index is 0.00942. The number of nitrogens with zero attached hydrogens (tertiary/aromatic N) is 1. The Balaban J connectivity index is 1.60. The molecular weight excluding hydrogens is 572 g/mol. The summed E-state index contributed by atoms with van der Waals surface area (Å²) in [5, 5.41) is 4.24. The first kappa shape index (κ1) is 31.5. The highest BCUT2D eigenvalue weighted by Crippen LogP contribution is 2.48. The number of hydrogen-bond acceptors (Lipinski definition) is 5. The van der Waals surface area contributed by atoms with Crippen molar-refractivity contribution in [2.75, 3.05) is 10.2 Å². The molecule has 0 saturated carbocycles. The number of ether oxygens (including phenoxy) is 1. The number of esters is 1. The van der Waals surface area contributed by atoms with Gasteiger partial charge in [0.05, 0.1) is 17.4 Å². The van der Waals surface area contributed by atoms with Crippen LogP contribution in [0.5, 0.6) is 5.75 Å². The van der Waals surface area contributed by atoms with Crippen LogP contribution in [0, 0.1) is 0 Å². The van der Waals surface area contributed by atoms with Gasteiger partial charge in [-0.3, -0.25) is 19.3 Å². The average Bonchev–Trinajstić information content (AvgIpc) is 3.16. The summed E-state index contributed by atoms with van der Waals surface area (Å²) in [5.41, 5.74) is 4.69. The van der Waals surface area contributed by atoms with Crippen molar-refractivity contribution < 1.29 is 19.1 Å². The number of amides is 1. The standard InChI is InChI=1S/C37H41ClN2O4/c1-3-5-7-16-34(42)40-32-15-10-9-14-30(32)39-31-23-27(25-18-20-28(38)21-19-25)24-33(41)36(31)37(40)26-12-11-13-29(22-26)44-35(43)17-8-6-4-2/h9-15,18-22,27,37,39H,3-8,16-17,23-24H2,1-2H3/t27-,37+/m1/s1. The zero-order chi connectivity index (χ0) is 31.1. The molecule has 0 bridgehead atoms. The van der Waals surface area contributed by atoms with Gasteiger partial charge in [-0.15, -0.1) is 0 Å². The van der Waals surface area contributed by atoms with Gasteiger partial charge in [0.25, 0.3) is 0 Å². The van der Waals surface area contributed by atoms with Gasteiger partial charge in [0.1, 0.15) is 5.75 Å². The van der Waals surface area contributed by atoms with E-state index >= 15 is 0 Å². The van der Waals surface area contributed by atoms with Gasteiger partial charge in [0.15, 0.2) is 5.78 Å². The number of carbonyl (C=O) groups is 3. The molecule has 3 aromatic rings. The quantitative estimate of drug-likeness (QED) is 0.133. The van der Waals surface area contributed by atoms with Gasteiger partial charge in [0, 0.05) is 35.6 Å². The molecule has 1 heterocycles. The Labute approximate surface area is 265 Å². The van der Waals surface area contributed by atoms with E-state index in [1.165, 1.54) is 0 Å². The van der Waals surface area contributed by atoms with Crippen molar-refractivity contribution >= 4 is 40.6 Å². The van der Waals surface area contributed by atoms with E-state index in [2.05, 4.69) is 19.2 Å². The minimum atomic E-state index is -0.673. The number of carbonyl (C=O) groups excluding carboxylic acids is 3. The van der Waals surface area contributed by atoms with Crippen molar-refractivity contribution in [2.45, 2.75) is 90.0 Å². The Morgan fingerprint density at radius 2 is 1.59 bits per heavy atom. The third-order valence-corrected chi connectivity index (χ3v) is 8.73. The molecule has 7 heteroatoms. The van der Waals surface area contributed by atoms with Gasteiger partial charge in [-0.2, -0.15) is 0 Å². The van der Waals surface area contributed by atoms with Gasteiger partial charge in [0.2, 0.25) is 5.91 Å². The fourth-order valence-corrected chi connectivity index (χ4v) is 6.37. The van der Waals surface area contributed by atoms with Gasteiger partial charge in [-0.05, 0) is 72.7 Å². The van der Waals surface area contributed by atoms with Crippen LogP contribution >= 0.6 is 11.6 Å². The molecule has 3 aromatic carbocycles. The number of unbranched alkanes of at least 4 members (excludes halogenated alkanes) is 4. The molecule has 0 unspecified atom stereocenters. The van der Waals surface area contributed by atoms with E-state index in [9.17, 15) is 14.4 Å². The molecule has 1 amide bonds. The van der Waals surface area contributed by atoms with Crippen molar-refractivity contribution in [3.63, 3.8) is 0 Å². The van der Waals surface area contributed by atoms with Gasteiger partial charge >= 0.3 is 5.97 Å². The normalized spacial score (nSPS) is 17.8. The van der Waals surface area contributed by atoms with Crippen LogP contribution < -0.4 is 15.0 Å². The Morgan fingerprint density at radius 1 is 0.864 bits per heavy atom. The van der Waals surface area contributed by atoms with Gasteiger partial charge in [-0.1, -0.05) is 87.5 Å². The molecule has 2 aliphatic rings. The van der Waals surface area contributed by atoms with Gasteiger partial charge in [-0.25, -0.2) is 0 Å². The Hall–Kier alpha value is -3.90. The lowest BCUT2D eigenvalue weighted by atomic mass is 9.78. The zero-order valence-electron chi connectivity index (χ0n) is 25.6. The highest BCUT2D eigenvalue weighted by Gasteiger charge is 2.41. The summed E-state index contributed by atoms with van der Waals surface area (Å²) in [6.07, 6.45) is 7.12. The summed E-state index contributed by atoms with van der Waals surface area (Å²) in [5.74, 6) is 0.0552. The second kappa shape index (κ2) is 14.7. The lowest BCUT2D eigenvalue weighted by Crippen LogP contribution is -2.38. The molecule has 0 aromatic heterocycles. The highest BCUT2D eigenvalue weighted by atomic mass is 35.5. The Kier molecular flexibility index (Phi) is 10.5. The lowest BCUT2D eigenvalue weighted by Gasteiger charge is -2.35. The number of rotatable bonds is 11. The van der Waals surface area contributed by atoms with Crippen LogP contribution in [-0.4, -0.2) is 17.7 Å². The van der Waals surface area contributed by atoms with Crippen molar-refractivity contribution in [3.8, 4) is 5.75 Å². The van der Waals surface area contributed by atoms with E-state index in [0.29, 0.717) is 42.0 Å². The van der Waals surface area contributed by atoms with Crippen molar-refractivity contribution in [2.24, 2.45) is 0 Å². The maximum absolute atomic E-state index is 14.3. The SMILES string of the molecule is CCCCCC(=O)Oc1cccc([C@H]2C3=C(C[C@@H](c4ccc(Cl)cc4)CC3=O)Nc3ccccc3N2C(=O)CCCCC)c1. The lowest BCUT2D eigenvalue weighted by molar-refractivity contribution is -0.134. The number of nitrogens with one attached hydrogen (secondary N) is 1. The van der Waals surface area contributed by atoms with E-state index in [-0.39, 0.29) is 23.6 Å². The average molecular weight is 613 g/mol. The molecule has 0 fully saturated rings. The van der Waals surface area contributed by atoms with E-state index in [1.54, 1.807) is 11.0 Å². The summed E-state index contributed by atoms with van der Waals surface area (Å²) in [7, 11) is 0. The number of halogens is 1. The maximum atomic E-state index is 14.3.